The Morgan fingerprint density at radius 2 is 2.09 bits per heavy atom. The summed E-state index contributed by atoms with van der Waals surface area (Å²) in [5.41, 5.74) is -0.473. The van der Waals surface area contributed by atoms with Crippen LogP contribution in [0.15, 0.2) is 0 Å². The van der Waals surface area contributed by atoms with Gasteiger partial charge in [-0.3, -0.25) is 0 Å². The average molecular weight is 344 g/mol. The van der Waals surface area contributed by atoms with Gasteiger partial charge in [-0.05, 0) is 40.0 Å². The SMILES string of the molecule is CCc1nnc(NC(CCCNC(=O)OC(C)(C)C)COC)s1. The summed E-state index contributed by atoms with van der Waals surface area (Å²) in [6.07, 6.45) is 2.17. The van der Waals surface area contributed by atoms with Crippen molar-refractivity contribution < 1.29 is 14.3 Å². The molecule has 1 aromatic rings. The first kappa shape index (κ1) is 19.6. The van der Waals surface area contributed by atoms with E-state index in [1.165, 1.54) is 0 Å². The molecule has 0 bridgehead atoms. The molecule has 132 valence electrons. The van der Waals surface area contributed by atoms with Crippen molar-refractivity contribution in [2.45, 2.75) is 58.6 Å². The van der Waals surface area contributed by atoms with E-state index in [4.69, 9.17) is 9.47 Å². The second-order valence-electron chi connectivity index (χ2n) is 6.22. The zero-order valence-corrected chi connectivity index (χ0v) is 15.5. The van der Waals surface area contributed by atoms with Gasteiger partial charge in [0.1, 0.15) is 10.6 Å². The van der Waals surface area contributed by atoms with Gasteiger partial charge in [0.05, 0.1) is 12.6 Å². The molecule has 1 atom stereocenters. The molecule has 23 heavy (non-hydrogen) atoms. The van der Waals surface area contributed by atoms with Gasteiger partial charge in [-0.1, -0.05) is 18.3 Å². The number of aromatic nitrogens is 2. The van der Waals surface area contributed by atoms with Gasteiger partial charge in [-0.15, -0.1) is 10.2 Å². The predicted octanol–water partition coefficient (Wildman–Crippen LogP) is 2.83. The van der Waals surface area contributed by atoms with E-state index in [9.17, 15) is 4.79 Å². The number of ether oxygens (including phenoxy) is 2. The molecule has 0 aromatic carbocycles. The summed E-state index contributed by atoms with van der Waals surface area (Å²) in [5.74, 6) is 0. The molecule has 8 heteroatoms. The molecule has 0 saturated carbocycles. The van der Waals surface area contributed by atoms with Crippen LogP contribution in [0.2, 0.25) is 0 Å². The van der Waals surface area contributed by atoms with Gasteiger partial charge in [0.25, 0.3) is 0 Å². The fraction of sp³-hybridized carbons (Fsp3) is 0.800. The molecule has 1 heterocycles. The molecule has 0 saturated heterocycles. The Labute approximate surface area is 142 Å². The Morgan fingerprint density at radius 3 is 2.65 bits per heavy atom. The number of anilines is 1. The molecular weight excluding hydrogens is 316 g/mol. The number of nitrogens with one attached hydrogen (secondary N) is 2. The highest BCUT2D eigenvalue weighted by molar-refractivity contribution is 7.15. The van der Waals surface area contributed by atoms with Crippen LogP contribution in [0.4, 0.5) is 9.93 Å². The lowest BCUT2D eigenvalue weighted by molar-refractivity contribution is 0.0526. The van der Waals surface area contributed by atoms with Gasteiger partial charge < -0.3 is 20.1 Å². The molecule has 0 fully saturated rings. The zero-order chi connectivity index (χ0) is 17.3. The highest BCUT2D eigenvalue weighted by Gasteiger charge is 2.16. The third-order valence-corrected chi connectivity index (χ3v) is 3.86. The fourth-order valence-electron chi connectivity index (χ4n) is 1.88. The number of methoxy groups -OCH3 is 1. The summed E-state index contributed by atoms with van der Waals surface area (Å²) < 4.78 is 10.4. The van der Waals surface area contributed by atoms with Crippen molar-refractivity contribution in [3.8, 4) is 0 Å². The third-order valence-electron chi connectivity index (χ3n) is 2.86. The molecule has 1 amide bonds. The molecule has 1 unspecified atom stereocenters. The van der Waals surface area contributed by atoms with Gasteiger partial charge >= 0.3 is 6.09 Å². The minimum atomic E-state index is -0.473. The van der Waals surface area contributed by atoms with E-state index in [1.807, 2.05) is 20.8 Å². The highest BCUT2D eigenvalue weighted by atomic mass is 32.1. The molecule has 0 aliphatic rings. The topological polar surface area (TPSA) is 85.4 Å². The number of hydrogen-bond acceptors (Lipinski definition) is 7. The zero-order valence-electron chi connectivity index (χ0n) is 14.6. The van der Waals surface area contributed by atoms with Crippen molar-refractivity contribution in [1.29, 1.82) is 0 Å². The van der Waals surface area contributed by atoms with Crippen molar-refractivity contribution in [2.75, 3.05) is 25.6 Å². The Balaban J connectivity index is 2.31. The van der Waals surface area contributed by atoms with E-state index >= 15 is 0 Å². The number of alkyl carbamates (subject to hydrolysis) is 1. The maximum atomic E-state index is 11.6. The first-order valence-corrected chi connectivity index (χ1v) is 8.70. The molecule has 0 aliphatic carbocycles. The van der Waals surface area contributed by atoms with Gasteiger partial charge in [-0.25, -0.2) is 4.79 Å². The summed E-state index contributed by atoms with van der Waals surface area (Å²) in [4.78, 5) is 11.6. The fourth-order valence-corrected chi connectivity index (χ4v) is 2.64. The van der Waals surface area contributed by atoms with E-state index in [1.54, 1.807) is 18.4 Å². The lowest BCUT2D eigenvalue weighted by Gasteiger charge is -2.20. The minimum absolute atomic E-state index is 0.137. The van der Waals surface area contributed by atoms with Crippen molar-refractivity contribution in [3.63, 3.8) is 0 Å². The molecule has 0 aliphatic heterocycles. The minimum Gasteiger partial charge on any atom is -0.444 e. The smallest absolute Gasteiger partial charge is 0.407 e. The molecule has 7 nitrogen and oxygen atoms in total. The molecule has 0 radical (unpaired) electrons. The second-order valence-corrected chi connectivity index (χ2v) is 7.28. The number of hydrogen-bond donors (Lipinski definition) is 2. The number of amides is 1. The average Bonchev–Trinajstić information content (AvgIpc) is 2.89. The molecule has 2 N–H and O–H groups in total. The van der Waals surface area contributed by atoms with E-state index in [0.29, 0.717) is 13.2 Å². The Morgan fingerprint density at radius 1 is 1.35 bits per heavy atom. The molecular formula is C15H28N4O3S. The number of aryl methyl sites for hydroxylation is 1. The number of carbonyl (C=O) groups is 1. The second kappa shape index (κ2) is 9.67. The third kappa shape index (κ3) is 8.71. The quantitative estimate of drug-likeness (QED) is 0.670. The van der Waals surface area contributed by atoms with E-state index < -0.39 is 5.60 Å². The van der Waals surface area contributed by atoms with Gasteiger partial charge in [-0.2, -0.15) is 0 Å². The first-order chi connectivity index (χ1) is 10.8. The van der Waals surface area contributed by atoms with Gasteiger partial charge in [0.2, 0.25) is 5.13 Å². The van der Waals surface area contributed by atoms with Crippen LogP contribution in [0.3, 0.4) is 0 Å². The normalized spacial score (nSPS) is 12.7. The van der Waals surface area contributed by atoms with Crippen molar-refractivity contribution in [3.05, 3.63) is 5.01 Å². The van der Waals surface area contributed by atoms with Crippen LogP contribution in [0.1, 0.15) is 45.5 Å². The Kier molecular flexibility index (Phi) is 8.25. The van der Waals surface area contributed by atoms with Crippen molar-refractivity contribution in [1.82, 2.24) is 15.5 Å². The largest absolute Gasteiger partial charge is 0.444 e. The van der Waals surface area contributed by atoms with E-state index in [2.05, 4.69) is 27.8 Å². The van der Waals surface area contributed by atoms with Crippen molar-refractivity contribution in [2.24, 2.45) is 0 Å². The number of rotatable bonds is 9. The van der Waals surface area contributed by atoms with Crippen LogP contribution in [0.5, 0.6) is 0 Å². The first-order valence-electron chi connectivity index (χ1n) is 7.88. The summed E-state index contributed by atoms with van der Waals surface area (Å²) in [6.45, 7) is 8.73. The van der Waals surface area contributed by atoms with E-state index in [0.717, 1.165) is 29.4 Å². The molecule has 0 spiro atoms. The van der Waals surface area contributed by atoms with Crippen LogP contribution < -0.4 is 10.6 Å². The number of nitrogens with zero attached hydrogens (tertiary/aromatic N) is 2. The predicted molar refractivity (Wildman–Crippen MR) is 92.0 cm³/mol. The monoisotopic (exact) mass is 344 g/mol. The summed E-state index contributed by atoms with van der Waals surface area (Å²) in [7, 11) is 1.67. The maximum absolute atomic E-state index is 11.6. The number of carbonyl (C=O) groups excluding carboxylic acids is 1. The van der Waals surface area contributed by atoms with Crippen LogP contribution in [-0.4, -0.2) is 48.2 Å². The summed E-state index contributed by atoms with van der Waals surface area (Å²) in [6, 6.07) is 0.137. The summed E-state index contributed by atoms with van der Waals surface area (Å²) >= 11 is 1.56. The van der Waals surface area contributed by atoms with Gasteiger partial charge in [0.15, 0.2) is 0 Å². The maximum Gasteiger partial charge on any atom is 0.407 e. The van der Waals surface area contributed by atoms with E-state index in [-0.39, 0.29) is 12.1 Å². The van der Waals surface area contributed by atoms with Crippen LogP contribution in [0.25, 0.3) is 0 Å². The van der Waals surface area contributed by atoms with Crippen LogP contribution in [-0.2, 0) is 15.9 Å². The lowest BCUT2D eigenvalue weighted by atomic mass is 10.1. The Hall–Kier alpha value is -1.41. The Bertz CT molecular complexity index is 474. The van der Waals surface area contributed by atoms with Crippen LogP contribution >= 0.6 is 11.3 Å². The molecule has 1 aromatic heterocycles. The molecule has 1 rings (SSSR count). The van der Waals surface area contributed by atoms with Crippen LogP contribution in [0, 0.1) is 0 Å². The lowest BCUT2D eigenvalue weighted by Crippen LogP contribution is -2.33. The van der Waals surface area contributed by atoms with Crippen molar-refractivity contribution >= 4 is 22.6 Å². The highest BCUT2D eigenvalue weighted by Crippen LogP contribution is 2.17. The summed E-state index contributed by atoms with van der Waals surface area (Å²) in [5, 5.41) is 16.1. The van der Waals surface area contributed by atoms with Gasteiger partial charge in [0, 0.05) is 13.7 Å². The standard InChI is InChI=1S/C15H28N4O3S/c1-6-12-18-19-13(23-12)17-11(10-21-5)8-7-9-16-14(20)22-15(2,3)4/h11H,6-10H2,1-5H3,(H,16,20)(H,17,19).